The molecule has 1 aliphatic heterocycles. The molecule has 3 heteroatoms. The lowest BCUT2D eigenvalue weighted by Gasteiger charge is -2.18. The SMILES string of the molecule is CC(C)CCC(=O)N1C[C@@H]2CCC(O)[C@@H]2C1. The van der Waals surface area contributed by atoms with Crippen LogP contribution in [0.1, 0.15) is 39.5 Å². The van der Waals surface area contributed by atoms with Crippen molar-refractivity contribution in [2.24, 2.45) is 17.8 Å². The van der Waals surface area contributed by atoms with Gasteiger partial charge in [0, 0.05) is 25.4 Å². The molecule has 1 amide bonds. The first-order valence-corrected chi connectivity index (χ1v) is 6.53. The summed E-state index contributed by atoms with van der Waals surface area (Å²) in [6.45, 7) is 5.98. The topological polar surface area (TPSA) is 40.5 Å². The van der Waals surface area contributed by atoms with Crippen LogP contribution in [0.5, 0.6) is 0 Å². The molecule has 0 aromatic heterocycles. The Morgan fingerprint density at radius 1 is 1.38 bits per heavy atom. The van der Waals surface area contributed by atoms with Gasteiger partial charge in [0.1, 0.15) is 0 Å². The highest BCUT2D eigenvalue weighted by Gasteiger charge is 2.42. The maximum Gasteiger partial charge on any atom is 0.222 e. The largest absolute Gasteiger partial charge is 0.393 e. The van der Waals surface area contributed by atoms with Crippen LogP contribution in [-0.2, 0) is 4.79 Å². The normalized spacial score (nSPS) is 33.5. The molecule has 1 saturated carbocycles. The number of carbonyl (C=O) groups excluding carboxylic acids is 1. The second-order valence-electron chi connectivity index (χ2n) is 5.80. The van der Waals surface area contributed by atoms with Crippen molar-refractivity contribution in [1.82, 2.24) is 4.90 Å². The van der Waals surface area contributed by atoms with Gasteiger partial charge in [-0.15, -0.1) is 0 Å². The van der Waals surface area contributed by atoms with Gasteiger partial charge in [0.05, 0.1) is 6.10 Å². The quantitative estimate of drug-likeness (QED) is 0.793. The molecule has 3 nitrogen and oxygen atoms in total. The van der Waals surface area contributed by atoms with Crippen LogP contribution in [0.2, 0.25) is 0 Å². The Hall–Kier alpha value is -0.570. The first kappa shape index (κ1) is 11.9. The van der Waals surface area contributed by atoms with Crippen LogP contribution in [0.15, 0.2) is 0 Å². The van der Waals surface area contributed by atoms with Gasteiger partial charge < -0.3 is 10.0 Å². The minimum absolute atomic E-state index is 0.159. The molecule has 2 aliphatic rings. The summed E-state index contributed by atoms with van der Waals surface area (Å²) in [5.74, 6) is 1.81. The molecule has 0 aromatic rings. The zero-order valence-electron chi connectivity index (χ0n) is 10.4. The molecule has 0 spiro atoms. The maximum absolute atomic E-state index is 11.9. The lowest BCUT2D eigenvalue weighted by molar-refractivity contribution is -0.130. The van der Waals surface area contributed by atoms with Gasteiger partial charge >= 0.3 is 0 Å². The van der Waals surface area contributed by atoms with Crippen molar-refractivity contribution in [3.05, 3.63) is 0 Å². The fraction of sp³-hybridized carbons (Fsp3) is 0.923. The summed E-state index contributed by atoms with van der Waals surface area (Å²) in [4.78, 5) is 13.9. The fourth-order valence-corrected chi connectivity index (χ4v) is 3.01. The molecule has 3 atom stereocenters. The van der Waals surface area contributed by atoms with E-state index >= 15 is 0 Å². The first-order valence-electron chi connectivity index (χ1n) is 6.53. The Bertz CT molecular complexity index is 265. The molecule has 2 fully saturated rings. The predicted molar refractivity (Wildman–Crippen MR) is 62.9 cm³/mol. The zero-order valence-corrected chi connectivity index (χ0v) is 10.4. The highest BCUT2D eigenvalue weighted by atomic mass is 16.3. The van der Waals surface area contributed by atoms with E-state index in [0.29, 0.717) is 24.2 Å². The molecule has 0 radical (unpaired) electrons. The van der Waals surface area contributed by atoms with Gasteiger partial charge in [0.2, 0.25) is 5.91 Å². The number of rotatable bonds is 3. The van der Waals surface area contributed by atoms with Crippen LogP contribution < -0.4 is 0 Å². The predicted octanol–water partition coefficient (Wildman–Crippen LogP) is 1.65. The summed E-state index contributed by atoms with van der Waals surface area (Å²) in [6.07, 6.45) is 3.52. The third kappa shape index (κ3) is 2.40. The Morgan fingerprint density at radius 2 is 2.12 bits per heavy atom. The number of fused-ring (bicyclic) bond motifs is 1. The number of hydrogen-bond acceptors (Lipinski definition) is 2. The summed E-state index contributed by atoms with van der Waals surface area (Å²) in [6, 6.07) is 0. The number of amides is 1. The van der Waals surface area contributed by atoms with Gasteiger partial charge in [-0.05, 0) is 31.1 Å². The molecular formula is C13H23NO2. The standard InChI is InChI=1S/C13H23NO2/c1-9(2)3-6-13(16)14-7-10-4-5-12(15)11(10)8-14/h9-12,15H,3-8H2,1-2H3/t10-,11+,12?/m0/s1. The molecule has 2 rings (SSSR count). The van der Waals surface area contributed by atoms with Gasteiger partial charge in [-0.2, -0.15) is 0 Å². The lowest BCUT2D eigenvalue weighted by Crippen LogP contribution is -2.31. The monoisotopic (exact) mass is 225 g/mol. The molecule has 1 N–H and O–H groups in total. The van der Waals surface area contributed by atoms with Crippen LogP contribution in [-0.4, -0.2) is 35.1 Å². The number of likely N-dealkylation sites (tertiary alicyclic amines) is 1. The molecule has 1 unspecified atom stereocenters. The highest BCUT2D eigenvalue weighted by molar-refractivity contribution is 5.76. The van der Waals surface area contributed by atoms with Crippen LogP contribution in [0.25, 0.3) is 0 Å². The fourth-order valence-electron chi connectivity index (χ4n) is 3.01. The van der Waals surface area contributed by atoms with Gasteiger partial charge in [-0.3, -0.25) is 4.79 Å². The number of aliphatic hydroxyl groups is 1. The first-order chi connectivity index (χ1) is 7.58. The van der Waals surface area contributed by atoms with Crippen molar-refractivity contribution < 1.29 is 9.90 Å². The molecule has 0 bridgehead atoms. The van der Waals surface area contributed by atoms with Crippen molar-refractivity contribution in [2.75, 3.05) is 13.1 Å². The Balaban J connectivity index is 1.82. The number of hydrogen-bond donors (Lipinski definition) is 1. The molecule has 92 valence electrons. The Morgan fingerprint density at radius 3 is 2.75 bits per heavy atom. The van der Waals surface area contributed by atoms with E-state index in [2.05, 4.69) is 13.8 Å². The van der Waals surface area contributed by atoms with Crippen molar-refractivity contribution >= 4 is 5.91 Å². The second kappa shape index (κ2) is 4.74. The Kier molecular flexibility index (Phi) is 3.53. The average molecular weight is 225 g/mol. The summed E-state index contributed by atoms with van der Waals surface area (Å²) >= 11 is 0. The maximum atomic E-state index is 11.9. The van der Waals surface area contributed by atoms with Gasteiger partial charge in [-0.25, -0.2) is 0 Å². The lowest BCUT2D eigenvalue weighted by atomic mass is 10.00. The zero-order chi connectivity index (χ0) is 11.7. The van der Waals surface area contributed by atoms with Crippen LogP contribution in [0.3, 0.4) is 0 Å². The summed E-state index contributed by atoms with van der Waals surface area (Å²) < 4.78 is 0. The van der Waals surface area contributed by atoms with E-state index in [0.717, 1.165) is 32.4 Å². The third-order valence-corrected chi connectivity index (χ3v) is 4.11. The minimum Gasteiger partial charge on any atom is -0.393 e. The van der Waals surface area contributed by atoms with E-state index in [4.69, 9.17) is 0 Å². The third-order valence-electron chi connectivity index (χ3n) is 4.11. The Labute approximate surface area is 97.8 Å². The molecule has 16 heavy (non-hydrogen) atoms. The average Bonchev–Trinajstić information content (AvgIpc) is 2.78. The van der Waals surface area contributed by atoms with E-state index < -0.39 is 0 Å². The smallest absolute Gasteiger partial charge is 0.222 e. The molecule has 1 heterocycles. The summed E-state index contributed by atoms with van der Waals surface area (Å²) in [5.41, 5.74) is 0. The molecule has 1 saturated heterocycles. The number of carbonyl (C=O) groups is 1. The van der Waals surface area contributed by atoms with Crippen LogP contribution in [0.4, 0.5) is 0 Å². The molecular weight excluding hydrogens is 202 g/mol. The second-order valence-corrected chi connectivity index (χ2v) is 5.80. The number of aliphatic hydroxyl groups excluding tert-OH is 1. The molecule has 1 aliphatic carbocycles. The van der Waals surface area contributed by atoms with E-state index in [-0.39, 0.29) is 12.0 Å². The molecule has 0 aromatic carbocycles. The van der Waals surface area contributed by atoms with Crippen molar-refractivity contribution in [1.29, 1.82) is 0 Å². The van der Waals surface area contributed by atoms with Gasteiger partial charge in [0.15, 0.2) is 0 Å². The van der Waals surface area contributed by atoms with E-state index in [1.807, 2.05) is 4.90 Å². The van der Waals surface area contributed by atoms with Crippen molar-refractivity contribution in [2.45, 2.75) is 45.6 Å². The van der Waals surface area contributed by atoms with E-state index in [1.165, 1.54) is 0 Å². The van der Waals surface area contributed by atoms with Crippen molar-refractivity contribution in [3.63, 3.8) is 0 Å². The summed E-state index contributed by atoms with van der Waals surface area (Å²) in [7, 11) is 0. The van der Waals surface area contributed by atoms with Gasteiger partial charge in [0.25, 0.3) is 0 Å². The van der Waals surface area contributed by atoms with Crippen molar-refractivity contribution in [3.8, 4) is 0 Å². The van der Waals surface area contributed by atoms with E-state index in [9.17, 15) is 9.90 Å². The van der Waals surface area contributed by atoms with Gasteiger partial charge in [-0.1, -0.05) is 13.8 Å². The number of nitrogens with zero attached hydrogens (tertiary/aromatic N) is 1. The minimum atomic E-state index is -0.159. The van der Waals surface area contributed by atoms with Crippen LogP contribution in [0, 0.1) is 17.8 Å². The van der Waals surface area contributed by atoms with Crippen LogP contribution >= 0.6 is 0 Å². The summed E-state index contributed by atoms with van der Waals surface area (Å²) in [5, 5.41) is 9.78. The van der Waals surface area contributed by atoms with E-state index in [1.54, 1.807) is 0 Å². The highest BCUT2D eigenvalue weighted by Crippen LogP contribution is 2.38.